The van der Waals surface area contributed by atoms with Gasteiger partial charge in [-0.05, 0) is 45.2 Å². The van der Waals surface area contributed by atoms with E-state index in [4.69, 9.17) is 9.57 Å². The van der Waals surface area contributed by atoms with Gasteiger partial charge in [0.15, 0.2) is 0 Å². The first-order valence-electron chi connectivity index (χ1n) is 12.7. The molecule has 0 N–H and O–H groups in total. The first-order chi connectivity index (χ1) is 19.1. The lowest BCUT2D eigenvalue weighted by Gasteiger charge is -2.26. The van der Waals surface area contributed by atoms with E-state index in [-0.39, 0.29) is 18.9 Å². The number of rotatable bonds is 7. The second-order valence-electron chi connectivity index (χ2n) is 9.48. The molecule has 1 heterocycles. The molecule has 8 nitrogen and oxygen atoms in total. The number of aromatic nitrogens is 3. The zero-order chi connectivity index (χ0) is 26.8. The van der Waals surface area contributed by atoms with Crippen LogP contribution in [-0.4, -0.2) is 51.8 Å². The van der Waals surface area contributed by atoms with Gasteiger partial charge in [-0.1, -0.05) is 95.8 Å². The minimum absolute atomic E-state index is 0.0872. The molecule has 0 radical (unpaired) electrons. The van der Waals surface area contributed by atoms with Crippen LogP contribution < -0.4 is 4.84 Å². The van der Waals surface area contributed by atoms with Crippen LogP contribution in [0.5, 0.6) is 0 Å². The van der Waals surface area contributed by atoms with Crippen LogP contribution in [0.15, 0.2) is 103 Å². The molecule has 0 spiro atoms. The first kappa shape index (κ1) is 24.4. The van der Waals surface area contributed by atoms with Gasteiger partial charge in [0, 0.05) is 19.4 Å². The van der Waals surface area contributed by atoms with Crippen LogP contribution in [0.2, 0.25) is 0 Å². The van der Waals surface area contributed by atoms with Gasteiger partial charge < -0.3 is 9.57 Å². The fraction of sp³-hybridized carbons (Fsp3) is 0.161. The van der Waals surface area contributed by atoms with Gasteiger partial charge in [0.2, 0.25) is 0 Å². The van der Waals surface area contributed by atoms with E-state index in [9.17, 15) is 9.59 Å². The topological polar surface area (TPSA) is 86.5 Å². The summed E-state index contributed by atoms with van der Waals surface area (Å²) in [5.41, 5.74) is 6.55. The zero-order valence-corrected chi connectivity index (χ0v) is 21.3. The second-order valence-corrected chi connectivity index (χ2v) is 9.48. The molecule has 194 valence electrons. The maximum atomic E-state index is 13.4. The Balaban J connectivity index is 1.22. The van der Waals surface area contributed by atoms with Crippen molar-refractivity contribution in [2.45, 2.75) is 18.4 Å². The fourth-order valence-corrected chi connectivity index (χ4v) is 5.10. The highest BCUT2D eigenvalue weighted by molar-refractivity contribution is 5.83. The largest absolute Gasteiger partial charge is 0.448 e. The molecular weight excluding hydrogens is 492 g/mol. The van der Waals surface area contributed by atoms with Crippen molar-refractivity contribution in [3.8, 4) is 11.1 Å². The molecule has 0 unspecified atom stereocenters. The molecule has 5 aromatic rings. The highest BCUT2D eigenvalue weighted by Gasteiger charge is 2.33. The number of hydrogen-bond donors (Lipinski definition) is 0. The summed E-state index contributed by atoms with van der Waals surface area (Å²) < 4.78 is 5.82. The molecule has 6 rings (SSSR count). The number of carbonyl (C=O) groups excluding carboxylic acids is 2. The Morgan fingerprint density at radius 1 is 0.846 bits per heavy atom. The average Bonchev–Trinajstić information content (AvgIpc) is 3.53. The third kappa shape index (κ3) is 4.72. The zero-order valence-electron chi connectivity index (χ0n) is 21.3. The van der Waals surface area contributed by atoms with Crippen molar-refractivity contribution in [2.24, 2.45) is 0 Å². The van der Waals surface area contributed by atoms with Crippen LogP contribution in [-0.2, 0) is 16.0 Å². The van der Waals surface area contributed by atoms with Gasteiger partial charge in [-0.25, -0.2) is 9.59 Å². The van der Waals surface area contributed by atoms with Crippen molar-refractivity contribution in [1.82, 2.24) is 20.1 Å². The van der Waals surface area contributed by atoms with Crippen molar-refractivity contribution in [2.75, 3.05) is 13.7 Å². The summed E-state index contributed by atoms with van der Waals surface area (Å²) in [5, 5.41) is 7.99. The van der Waals surface area contributed by atoms with E-state index >= 15 is 0 Å². The van der Waals surface area contributed by atoms with Gasteiger partial charge in [0.1, 0.15) is 23.7 Å². The molecule has 39 heavy (non-hydrogen) atoms. The van der Waals surface area contributed by atoms with Crippen LogP contribution in [0.1, 0.15) is 22.6 Å². The number of fused-ring (bicyclic) bond motifs is 4. The van der Waals surface area contributed by atoms with Crippen molar-refractivity contribution >= 4 is 23.1 Å². The standard InChI is InChI=1S/C31H26N4O4/c1-34(31(37)38-20-26-24-15-7-5-13-22(24)23-14-6-8-16-25(23)26)29(19-21-11-3-2-4-12-21)30(36)39-35-28-18-10-9-17-27(28)32-33-35/h2-18,26,29H,19-20H2,1H3/t29-/m0/s1. The Morgan fingerprint density at radius 2 is 1.46 bits per heavy atom. The number of likely N-dealkylation sites (N-methyl/N-ethyl adjacent to an activating group) is 1. The fourth-order valence-electron chi connectivity index (χ4n) is 5.10. The van der Waals surface area contributed by atoms with Gasteiger partial charge in [-0.15, -0.1) is 5.10 Å². The summed E-state index contributed by atoms with van der Waals surface area (Å²) in [5.74, 6) is -0.735. The minimum Gasteiger partial charge on any atom is -0.448 e. The Hall–Kier alpha value is -4.98. The van der Waals surface area contributed by atoms with Crippen molar-refractivity contribution in [3.05, 3.63) is 120 Å². The van der Waals surface area contributed by atoms with Crippen molar-refractivity contribution in [1.29, 1.82) is 0 Å². The summed E-state index contributed by atoms with van der Waals surface area (Å²) >= 11 is 0. The lowest BCUT2D eigenvalue weighted by molar-refractivity contribution is -0.150. The van der Waals surface area contributed by atoms with E-state index in [2.05, 4.69) is 34.6 Å². The molecule has 4 aromatic carbocycles. The van der Waals surface area contributed by atoms with E-state index in [1.807, 2.05) is 60.7 Å². The molecular formula is C31H26N4O4. The maximum Gasteiger partial charge on any atom is 0.410 e. The quantitative estimate of drug-likeness (QED) is 0.286. The summed E-state index contributed by atoms with van der Waals surface area (Å²) in [6.45, 7) is 0.151. The van der Waals surface area contributed by atoms with E-state index in [1.165, 1.54) is 4.90 Å². The Kier molecular flexibility index (Phi) is 6.50. The number of ether oxygens (including phenoxy) is 1. The molecule has 0 aliphatic heterocycles. The number of benzene rings is 4. The van der Waals surface area contributed by atoms with E-state index in [0.29, 0.717) is 11.0 Å². The van der Waals surface area contributed by atoms with E-state index in [0.717, 1.165) is 32.7 Å². The van der Waals surface area contributed by atoms with Crippen LogP contribution >= 0.6 is 0 Å². The lowest BCUT2D eigenvalue weighted by atomic mass is 9.98. The van der Waals surface area contributed by atoms with Crippen LogP contribution in [0, 0.1) is 0 Å². The van der Waals surface area contributed by atoms with Crippen molar-refractivity contribution in [3.63, 3.8) is 0 Å². The van der Waals surface area contributed by atoms with Crippen LogP contribution in [0.4, 0.5) is 4.79 Å². The molecule has 1 amide bonds. The lowest BCUT2D eigenvalue weighted by Crippen LogP contribution is -2.47. The number of para-hydroxylation sites is 1. The first-order valence-corrected chi connectivity index (χ1v) is 12.7. The highest BCUT2D eigenvalue weighted by atomic mass is 16.7. The van der Waals surface area contributed by atoms with Gasteiger partial charge in [-0.3, -0.25) is 4.90 Å². The van der Waals surface area contributed by atoms with E-state index < -0.39 is 18.1 Å². The van der Waals surface area contributed by atoms with Crippen LogP contribution in [0.3, 0.4) is 0 Å². The van der Waals surface area contributed by atoms with E-state index in [1.54, 1.807) is 25.2 Å². The molecule has 1 atom stereocenters. The third-order valence-corrected chi connectivity index (χ3v) is 7.13. The maximum absolute atomic E-state index is 13.4. The normalized spacial score (nSPS) is 12.9. The van der Waals surface area contributed by atoms with Crippen LogP contribution in [0.25, 0.3) is 22.2 Å². The average molecular weight is 519 g/mol. The third-order valence-electron chi connectivity index (χ3n) is 7.13. The van der Waals surface area contributed by atoms with Gasteiger partial charge >= 0.3 is 12.1 Å². The number of amides is 1. The Labute approximate surface area is 225 Å². The molecule has 0 bridgehead atoms. The Bertz CT molecular complexity index is 1600. The molecule has 0 saturated carbocycles. The summed E-state index contributed by atoms with van der Waals surface area (Å²) in [7, 11) is 1.55. The predicted octanol–water partition coefficient (Wildman–Crippen LogP) is 4.88. The number of hydrogen-bond acceptors (Lipinski definition) is 6. The number of nitrogens with zero attached hydrogens (tertiary/aromatic N) is 4. The predicted molar refractivity (Wildman–Crippen MR) is 146 cm³/mol. The molecule has 1 aliphatic rings. The smallest absolute Gasteiger partial charge is 0.410 e. The van der Waals surface area contributed by atoms with Gasteiger partial charge in [0.25, 0.3) is 0 Å². The molecule has 1 aromatic heterocycles. The van der Waals surface area contributed by atoms with Crippen molar-refractivity contribution < 1.29 is 19.2 Å². The van der Waals surface area contributed by atoms with Gasteiger partial charge in [-0.2, -0.15) is 0 Å². The van der Waals surface area contributed by atoms with Gasteiger partial charge in [0.05, 0.1) is 0 Å². The molecule has 1 aliphatic carbocycles. The second kappa shape index (κ2) is 10.4. The minimum atomic E-state index is -0.953. The number of carbonyl (C=O) groups is 2. The SMILES string of the molecule is CN(C(=O)OCC1c2ccccc2-c2ccccc21)[C@@H](Cc1ccccc1)C(=O)On1nnc2ccccc21. The molecule has 8 heteroatoms. The monoisotopic (exact) mass is 518 g/mol. The Morgan fingerprint density at radius 3 is 2.18 bits per heavy atom. The summed E-state index contributed by atoms with van der Waals surface area (Å²) in [6.07, 6.45) is -0.370. The molecule has 0 fully saturated rings. The highest BCUT2D eigenvalue weighted by Crippen LogP contribution is 2.44. The summed E-state index contributed by atoms with van der Waals surface area (Å²) in [4.78, 5) is 34.7. The summed E-state index contributed by atoms with van der Waals surface area (Å²) in [6, 6.07) is 32.0. The molecule has 0 saturated heterocycles.